The smallest absolute Gasteiger partial charge is 0.244 e. The van der Waals surface area contributed by atoms with Crippen LogP contribution in [0.15, 0.2) is 54.7 Å². The molecular formula is C20H24ClN3O. The van der Waals surface area contributed by atoms with E-state index in [1.807, 2.05) is 36.5 Å². The summed E-state index contributed by atoms with van der Waals surface area (Å²) in [7, 11) is 0. The van der Waals surface area contributed by atoms with Gasteiger partial charge in [0.15, 0.2) is 0 Å². The molecule has 25 heavy (non-hydrogen) atoms. The molecule has 0 saturated carbocycles. The highest BCUT2D eigenvalue weighted by Crippen LogP contribution is 2.21. The van der Waals surface area contributed by atoms with Crippen LogP contribution in [0.5, 0.6) is 0 Å². The number of fused-ring (bicyclic) bond motifs is 1. The molecule has 4 nitrogen and oxygen atoms in total. The van der Waals surface area contributed by atoms with Gasteiger partial charge in [-0.15, -0.1) is 12.4 Å². The fraction of sp³-hybridized carbons (Fsp3) is 0.250. The second-order valence-electron chi connectivity index (χ2n) is 6.39. The van der Waals surface area contributed by atoms with Gasteiger partial charge in [0.25, 0.3) is 0 Å². The Kier molecular flexibility index (Phi) is 5.88. The standard InChI is InChI=1S/C20H23N3O.ClH/c1-14-7-6-10-17-15(13-23-18(14)17)11-12-22-19(24)20(2,21)16-8-4-3-5-9-16;/h3-10,13,23H,11-12,21H2,1-2H3,(H,22,24);1H. The van der Waals surface area contributed by atoms with E-state index < -0.39 is 5.54 Å². The monoisotopic (exact) mass is 357 g/mol. The first-order chi connectivity index (χ1) is 11.5. The second-order valence-corrected chi connectivity index (χ2v) is 6.39. The molecule has 5 heteroatoms. The van der Waals surface area contributed by atoms with Crippen molar-refractivity contribution in [3.63, 3.8) is 0 Å². The highest BCUT2D eigenvalue weighted by molar-refractivity contribution is 5.87. The second kappa shape index (κ2) is 7.72. The van der Waals surface area contributed by atoms with Crippen LogP contribution in [0, 0.1) is 6.92 Å². The van der Waals surface area contributed by atoms with Gasteiger partial charge in [-0.1, -0.05) is 48.5 Å². The van der Waals surface area contributed by atoms with E-state index in [1.54, 1.807) is 6.92 Å². The van der Waals surface area contributed by atoms with Gasteiger partial charge in [-0.3, -0.25) is 4.79 Å². The van der Waals surface area contributed by atoms with Crippen molar-refractivity contribution in [2.24, 2.45) is 5.73 Å². The lowest BCUT2D eigenvalue weighted by atomic mass is 9.92. The van der Waals surface area contributed by atoms with Crippen LogP contribution in [0.4, 0.5) is 0 Å². The van der Waals surface area contributed by atoms with Crippen molar-refractivity contribution in [1.82, 2.24) is 10.3 Å². The Hall–Kier alpha value is -2.30. The molecule has 1 amide bonds. The molecule has 132 valence electrons. The number of nitrogens with one attached hydrogen (secondary N) is 2. The Balaban J connectivity index is 0.00000225. The van der Waals surface area contributed by atoms with E-state index in [2.05, 4.69) is 35.4 Å². The van der Waals surface area contributed by atoms with E-state index in [0.29, 0.717) is 6.54 Å². The number of amides is 1. The van der Waals surface area contributed by atoms with Crippen LogP contribution in [0.25, 0.3) is 10.9 Å². The van der Waals surface area contributed by atoms with Crippen molar-refractivity contribution < 1.29 is 4.79 Å². The minimum Gasteiger partial charge on any atom is -0.361 e. The molecule has 1 unspecified atom stereocenters. The van der Waals surface area contributed by atoms with Crippen LogP contribution in [0.2, 0.25) is 0 Å². The highest BCUT2D eigenvalue weighted by atomic mass is 35.5. The first-order valence-electron chi connectivity index (χ1n) is 8.18. The predicted molar refractivity (Wildman–Crippen MR) is 105 cm³/mol. The van der Waals surface area contributed by atoms with Crippen molar-refractivity contribution >= 4 is 29.2 Å². The molecule has 3 rings (SSSR count). The summed E-state index contributed by atoms with van der Waals surface area (Å²) in [5.41, 5.74) is 9.60. The minimum absolute atomic E-state index is 0. The van der Waals surface area contributed by atoms with Crippen molar-refractivity contribution in [3.05, 3.63) is 71.4 Å². The van der Waals surface area contributed by atoms with Gasteiger partial charge in [0.2, 0.25) is 5.91 Å². The molecular weight excluding hydrogens is 334 g/mol. The van der Waals surface area contributed by atoms with Crippen LogP contribution in [0.1, 0.15) is 23.6 Å². The third-order valence-electron chi connectivity index (χ3n) is 4.53. The lowest BCUT2D eigenvalue weighted by Gasteiger charge is -2.24. The van der Waals surface area contributed by atoms with Gasteiger partial charge in [0.05, 0.1) is 0 Å². The molecule has 1 aromatic heterocycles. The molecule has 0 saturated heterocycles. The number of rotatable bonds is 5. The zero-order valence-corrected chi connectivity index (χ0v) is 15.3. The normalized spacial score (nSPS) is 13.1. The fourth-order valence-corrected chi connectivity index (χ4v) is 2.98. The molecule has 0 fully saturated rings. The minimum atomic E-state index is -1.03. The first-order valence-corrected chi connectivity index (χ1v) is 8.18. The Morgan fingerprint density at radius 3 is 2.60 bits per heavy atom. The number of aryl methyl sites for hydroxylation is 1. The van der Waals surface area contributed by atoms with Gasteiger partial charge in [-0.2, -0.15) is 0 Å². The van der Waals surface area contributed by atoms with Gasteiger partial charge in [0, 0.05) is 23.6 Å². The van der Waals surface area contributed by atoms with Crippen molar-refractivity contribution in [2.45, 2.75) is 25.8 Å². The van der Waals surface area contributed by atoms with E-state index in [9.17, 15) is 4.79 Å². The zero-order valence-electron chi connectivity index (χ0n) is 14.5. The number of hydrogen-bond donors (Lipinski definition) is 3. The number of aromatic nitrogens is 1. The summed E-state index contributed by atoms with van der Waals surface area (Å²) < 4.78 is 0. The van der Waals surface area contributed by atoms with Crippen LogP contribution < -0.4 is 11.1 Å². The highest BCUT2D eigenvalue weighted by Gasteiger charge is 2.29. The topological polar surface area (TPSA) is 70.9 Å². The molecule has 2 aromatic carbocycles. The number of nitrogens with two attached hydrogens (primary N) is 1. The average Bonchev–Trinajstić information content (AvgIpc) is 3.00. The predicted octanol–water partition coefficient (Wildman–Crippen LogP) is 3.43. The Labute approximate surface area is 154 Å². The summed E-state index contributed by atoms with van der Waals surface area (Å²) in [5.74, 6) is -0.162. The summed E-state index contributed by atoms with van der Waals surface area (Å²) in [5, 5.41) is 4.17. The Morgan fingerprint density at radius 2 is 1.88 bits per heavy atom. The summed E-state index contributed by atoms with van der Waals surface area (Å²) in [4.78, 5) is 15.8. The average molecular weight is 358 g/mol. The lowest BCUT2D eigenvalue weighted by molar-refractivity contribution is -0.126. The third-order valence-corrected chi connectivity index (χ3v) is 4.53. The van der Waals surface area contributed by atoms with E-state index in [0.717, 1.165) is 17.5 Å². The van der Waals surface area contributed by atoms with E-state index in [-0.39, 0.29) is 18.3 Å². The van der Waals surface area contributed by atoms with E-state index >= 15 is 0 Å². The molecule has 4 N–H and O–H groups in total. The maximum atomic E-state index is 12.5. The maximum absolute atomic E-state index is 12.5. The summed E-state index contributed by atoms with van der Waals surface area (Å²) >= 11 is 0. The van der Waals surface area contributed by atoms with Crippen molar-refractivity contribution in [3.8, 4) is 0 Å². The molecule has 1 atom stereocenters. The summed E-state index contributed by atoms with van der Waals surface area (Å²) in [6.45, 7) is 4.39. The quantitative estimate of drug-likeness (QED) is 0.654. The van der Waals surface area contributed by atoms with Gasteiger partial charge >= 0.3 is 0 Å². The number of halogens is 1. The van der Waals surface area contributed by atoms with Gasteiger partial charge in [-0.05, 0) is 37.0 Å². The lowest BCUT2D eigenvalue weighted by Crippen LogP contribution is -2.49. The number of para-hydroxylation sites is 1. The van der Waals surface area contributed by atoms with Crippen LogP contribution in [0.3, 0.4) is 0 Å². The number of benzene rings is 2. The summed E-state index contributed by atoms with van der Waals surface area (Å²) in [6.07, 6.45) is 2.78. The Morgan fingerprint density at radius 1 is 1.16 bits per heavy atom. The van der Waals surface area contributed by atoms with Crippen LogP contribution in [-0.2, 0) is 16.8 Å². The SMILES string of the molecule is Cc1cccc2c(CCNC(=O)C(C)(N)c3ccccc3)c[nH]c12.Cl. The summed E-state index contributed by atoms with van der Waals surface area (Å²) in [6, 6.07) is 15.7. The van der Waals surface area contributed by atoms with E-state index in [4.69, 9.17) is 5.73 Å². The van der Waals surface area contributed by atoms with Gasteiger partial charge < -0.3 is 16.0 Å². The molecule has 0 aliphatic heterocycles. The molecule has 1 heterocycles. The molecule has 3 aromatic rings. The number of aromatic amines is 1. The number of H-pyrrole nitrogens is 1. The van der Waals surface area contributed by atoms with Crippen molar-refractivity contribution in [2.75, 3.05) is 6.54 Å². The first kappa shape index (κ1) is 19.0. The fourth-order valence-electron chi connectivity index (χ4n) is 2.98. The molecule has 0 bridgehead atoms. The number of carbonyl (C=O) groups is 1. The maximum Gasteiger partial charge on any atom is 0.244 e. The number of hydrogen-bond acceptors (Lipinski definition) is 2. The van der Waals surface area contributed by atoms with Crippen LogP contribution >= 0.6 is 12.4 Å². The van der Waals surface area contributed by atoms with Crippen molar-refractivity contribution in [1.29, 1.82) is 0 Å². The van der Waals surface area contributed by atoms with Gasteiger partial charge in [-0.25, -0.2) is 0 Å². The molecule has 0 spiro atoms. The Bertz CT molecular complexity index is 856. The zero-order chi connectivity index (χ0) is 17.2. The molecule has 0 aliphatic carbocycles. The van der Waals surface area contributed by atoms with Crippen LogP contribution in [-0.4, -0.2) is 17.4 Å². The third kappa shape index (κ3) is 3.86. The van der Waals surface area contributed by atoms with E-state index in [1.165, 1.54) is 16.5 Å². The molecule has 0 radical (unpaired) electrons. The van der Waals surface area contributed by atoms with Gasteiger partial charge in [0.1, 0.15) is 5.54 Å². The molecule has 0 aliphatic rings. The number of carbonyl (C=O) groups excluding carboxylic acids is 1. The largest absolute Gasteiger partial charge is 0.361 e.